The largest absolute Gasteiger partial charge is 0.454 e. The summed E-state index contributed by atoms with van der Waals surface area (Å²) >= 11 is 0. The quantitative estimate of drug-likeness (QED) is 0.295. The van der Waals surface area contributed by atoms with Gasteiger partial charge in [-0.3, -0.25) is 0 Å². The molecule has 0 fully saturated rings. The second-order valence-electron chi connectivity index (χ2n) is 8.66. The van der Waals surface area contributed by atoms with E-state index in [0.29, 0.717) is 11.1 Å². The molecule has 3 aromatic carbocycles. The van der Waals surface area contributed by atoms with E-state index in [2.05, 4.69) is 67.8 Å². The number of hydrogen-bond donors (Lipinski definition) is 0. The van der Waals surface area contributed by atoms with Crippen LogP contribution in [-0.4, -0.2) is 0 Å². The van der Waals surface area contributed by atoms with Crippen LogP contribution in [0.5, 0.6) is 0 Å². The Kier molecular flexibility index (Phi) is 4.79. The second kappa shape index (κ2) is 7.66. The van der Waals surface area contributed by atoms with E-state index in [1.165, 1.54) is 0 Å². The molecule has 0 aliphatic heterocycles. The predicted molar refractivity (Wildman–Crippen MR) is 129 cm³/mol. The Morgan fingerprint density at radius 1 is 0.906 bits per heavy atom. The highest BCUT2D eigenvalue weighted by Crippen LogP contribution is 2.43. The third-order valence-electron chi connectivity index (χ3n) is 6.27. The molecule has 0 aliphatic carbocycles. The van der Waals surface area contributed by atoms with E-state index in [-0.39, 0.29) is 5.92 Å². The van der Waals surface area contributed by atoms with Crippen LogP contribution in [0.25, 0.3) is 44.3 Å². The lowest BCUT2D eigenvalue weighted by Gasteiger charge is -2.15. The van der Waals surface area contributed by atoms with E-state index in [0.717, 1.165) is 49.9 Å². The first-order valence-corrected chi connectivity index (χ1v) is 10.9. The van der Waals surface area contributed by atoms with Crippen molar-refractivity contribution in [2.45, 2.75) is 26.7 Å². The molecule has 0 atom stereocenters. The van der Waals surface area contributed by atoms with Crippen molar-refractivity contribution in [3.63, 3.8) is 0 Å². The van der Waals surface area contributed by atoms with E-state index in [4.69, 9.17) is 4.42 Å². The van der Waals surface area contributed by atoms with E-state index in [1.54, 1.807) is 0 Å². The summed E-state index contributed by atoms with van der Waals surface area (Å²) in [7, 11) is 2.04. The van der Waals surface area contributed by atoms with Gasteiger partial charge < -0.3 is 4.42 Å². The van der Waals surface area contributed by atoms with Gasteiger partial charge in [-0.25, -0.2) is 4.57 Å². The van der Waals surface area contributed by atoms with Crippen molar-refractivity contribution in [2.24, 2.45) is 7.05 Å². The maximum atomic E-state index is 10.2. The van der Waals surface area contributed by atoms with E-state index in [1.807, 2.05) is 43.6 Å². The summed E-state index contributed by atoms with van der Waals surface area (Å²) in [6.07, 6.45) is 2.04. The summed E-state index contributed by atoms with van der Waals surface area (Å²) in [5.41, 5.74) is 8.69. The second-order valence-corrected chi connectivity index (χ2v) is 8.66. The number of benzene rings is 3. The van der Waals surface area contributed by atoms with Gasteiger partial charge in [0.2, 0.25) is 5.69 Å². The first-order chi connectivity index (χ1) is 15.5. The number of pyridine rings is 1. The third-order valence-corrected chi connectivity index (χ3v) is 6.27. The average Bonchev–Trinajstić information content (AvgIpc) is 3.17. The van der Waals surface area contributed by atoms with Crippen molar-refractivity contribution >= 4 is 21.9 Å². The topological polar surface area (TPSA) is 40.8 Å². The molecular weight excluding hydrogens is 392 g/mol. The molecule has 0 N–H and O–H groups in total. The molecule has 0 amide bonds. The van der Waals surface area contributed by atoms with Crippen molar-refractivity contribution in [1.82, 2.24) is 0 Å². The molecule has 0 aliphatic rings. The molecule has 2 aromatic heterocycles. The first-order valence-electron chi connectivity index (χ1n) is 10.9. The smallest absolute Gasteiger partial charge is 0.216 e. The van der Waals surface area contributed by atoms with Crippen molar-refractivity contribution in [1.29, 1.82) is 5.26 Å². The van der Waals surface area contributed by atoms with Crippen LogP contribution in [0.15, 0.2) is 77.3 Å². The first kappa shape index (κ1) is 20.0. The fraction of sp³-hybridized carbons (Fsp3) is 0.172. The minimum absolute atomic E-state index is 0.186. The lowest BCUT2D eigenvalue weighted by Crippen LogP contribution is -2.30. The number of fused-ring (bicyclic) bond motifs is 3. The molecule has 0 unspecified atom stereocenters. The van der Waals surface area contributed by atoms with Crippen LogP contribution in [0.3, 0.4) is 0 Å². The van der Waals surface area contributed by atoms with Gasteiger partial charge in [-0.2, -0.15) is 5.26 Å². The molecule has 0 radical (unpaired) electrons. The highest BCUT2D eigenvalue weighted by molar-refractivity contribution is 6.12. The molecular formula is C29H25N2O+. The molecule has 32 heavy (non-hydrogen) atoms. The number of nitrogens with zero attached hydrogens (tertiary/aromatic N) is 2. The van der Waals surface area contributed by atoms with Crippen molar-refractivity contribution < 1.29 is 8.98 Å². The maximum Gasteiger partial charge on any atom is 0.216 e. The van der Waals surface area contributed by atoms with E-state index >= 15 is 0 Å². The van der Waals surface area contributed by atoms with Crippen molar-refractivity contribution in [3.05, 3.63) is 89.6 Å². The molecule has 2 heterocycles. The van der Waals surface area contributed by atoms with Crippen LogP contribution >= 0.6 is 0 Å². The van der Waals surface area contributed by atoms with Gasteiger partial charge >= 0.3 is 0 Å². The van der Waals surface area contributed by atoms with Crippen molar-refractivity contribution in [3.8, 4) is 28.5 Å². The zero-order valence-corrected chi connectivity index (χ0v) is 18.8. The molecule has 0 bridgehead atoms. The molecule has 5 aromatic rings. The zero-order valence-electron chi connectivity index (χ0n) is 18.8. The minimum atomic E-state index is 0.186. The molecule has 5 rings (SSSR count). The highest BCUT2D eigenvalue weighted by Gasteiger charge is 2.25. The SMILES string of the molecule is Cc1ccc2c(oc3c(C#N)c(C(C)C)c(-c4ccccc4)cc32)c1-c1cccc[n+]1C. The average molecular weight is 418 g/mol. The standard InChI is InChI=1S/C29H25N2O/c1-18(2)26-22(20-10-6-5-7-11-20)16-23-21-14-13-19(3)27(25-12-8-9-15-31(25)4)29(21)32-28(23)24(26)17-30/h5-16,18H,1-4H3/q+1. The van der Waals surface area contributed by atoms with Crippen LogP contribution in [-0.2, 0) is 7.05 Å². The van der Waals surface area contributed by atoms with E-state index in [9.17, 15) is 5.26 Å². The summed E-state index contributed by atoms with van der Waals surface area (Å²) < 4.78 is 8.65. The lowest BCUT2D eigenvalue weighted by molar-refractivity contribution is -0.660. The number of aromatic nitrogens is 1. The summed E-state index contributed by atoms with van der Waals surface area (Å²) in [6, 6.07) is 25.4. The lowest BCUT2D eigenvalue weighted by atomic mass is 9.87. The van der Waals surface area contributed by atoms with Gasteiger partial charge in [0.15, 0.2) is 11.8 Å². The van der Waals surface area contributed by atoms with Gasteiger partial charge in [0.25, 0.3) is 0 Å². The number of hydrogen-bond acceptors (Lipinski definition) is 2. The Morgan fingerprint density at radius 3 is 2.34 bits per heavy atom. The van der Waals surface area contributed by atoms with Crippen LogP contribution in [0, 0.1) is 18.3 Å². The summed E-state index contributed by atoms with van der Waals surface area (Å²) in [5.74, 6) is 0.186. The van der Waals surface area contributed by atoms with Crippen LogP contribution < -0.4 is 4.57 Å². The minimum Gasteiger partial charge on any atom is -0.454 e. The Morgan fingerprint density at radius 2 is 1.66 bits per heavy atom. The van der Waals surface area contributed by atoms with Gasteiger partial charge in [0.1, 0.15) is 18.7 Å². The zero-order chi connectivity index (χ0) is 22.4. The Balaban J connectivity index is 1.95. The molecule has 3 nitrogen and oxygen atoms in total. The van der Waals surface area contributed by atoms with Gasteiger partial charge in [-0.1, -0.05) is 56.3 Å². The molecule has 156 valence electrons. The fourth-order valence-corrected chi connectivity index (χ4v) is 4.76. The van der Waals surface area contributed by atoms with Gasteiger partial charge in [0.05, 0.1) is 11.1 Å². The van der Waals surface area contributed by atoms with Crippen LogP contribution in [0.4, 0.5) is 0 Å². The monoisotopic (exact) mass is 417 g/mol. The van der Waals surface area contributed by atoms with E-state index < -0.39 is 0 Å². The van der Waals surface area contributed by atoms with Crippen LogP contribution in [0.1, 0.15) is 36.5 Å². The Bertz CT molecular complexity index is 1520. The predicted octanol–water partition coefficient (Wildman–Crippen LogP) is 7.05. The normalized spacial score (nSPS) is 11.4. The van der Waals surface area contributed by atoms with Gasteiger partial charge in [-0.15, -0.1) is 0 Å². The summed E-state index contributed by atoms with van der Waals surface area (Å²) in [5, 5.41) is 12.3. The number of rotatable bonds is 3. The molecule has 0 saturated carbocycles. The molecule has 0 saturated heterocycles. The Labute approximate surface area is 188 Å². The number of furan rings is 1. The summed E-state index contributed by atoms with van der Waals surface area (Å²) in [4.78, 5) is 0. The summed E-state index contributed by atoms with van der Waals surface area (Å²) in [6.45, 7) is 6.38. The van der Waals surface area contributed by atoms with Crippen molar-refractivity contribution in [2.75, 3.05) is 0 Å². The third kappa shape index (κ3) is 2.99. The van der Waals surface area contributed by atoms with Gasteiger partial charge in [0, 0.05) is 22.9 Å². The van der Waals surface area contributed by atoms with Gasteiger partial charge in [-0.05, 0) is 47.2 Å². The fourth-order valence-electron chi connectivity index (χ4n) is 4.76. The Hall–Kier alpha value is -3.90. The highest BCUT2D eigenvalue weighted by atomic mass is 16.3. The maximum absolute atomic E-state index is 10.2. The number of aryl methyl sites for hydroxylation is 2. The molecule has 0 spiro atoms. The molecule has 3 heteroatoms. The number of nitriles is 1. The van der Waals surface area contributed by atoms with Crippen LogP contribution in [0.2, 0.25) is 0 Å².